The number of nitrogens with zero attached hydrogens (tertiary/aromatic N) is 3. The van der Waals surface area contributed by atoms with E-state index in [1.165, 1.54) is 6.07 Å². The Kier molecular flexibility index (Phi) is 2.55. The number of aliphatic imine (C=N–C) groups is 1. The van der Waals surface area contributed by atoms with E-state index in [0.717, 1.165) is 16.8 Å². The Morgan fingerprint density at radius 1 is 1.41 bits per heavy atom. The van der Waals surface area contributed by atoms with Crippen molar-refractivity contribution in [3.05, 3.63) is 51.5 Å². The zero-order chi connectivity index (χ0) is 11.8. The van der Waals surface area contributed by atoms with Crippen LogP contribution in [0.2, 0.25) is 0 Å². The van der Waals surface area contributed by atoms with Crippen molar-refractivity contribution in [1.82, 2.24) is 9.78 Å². The summed E-state index contributed by atoms with van der Waals surface area (Å²) in [7, 11) is 0. The minimum Gasteiger partial charge on any atom is -0.286 e. The molecule has 0 amide bonds. The monoisotopic (exact) mass is 293 g/mol. The number of rotatable bonds is 2. The van der Waals surface area contributed by atoms with Gasteiger partial charge in [0.1, 0.15) is 5.82 Å². The molecule has 0 unspecified atom stereocenters. The standard InChI is InChI=1S/C12H9BrFN3/c13-10-3-8(1-2-11(10)14)6-17-7-9-4-15-5-12(9)16-17/h1-4,7H,5-6H2. The van der Waals surface area contributed by atoms with Crippen LogP contribution in [-0.4, -0.2) is 16.0 Å². The van der Waals surface area contributed by atoms with Crippen LogP contribution in [0, 0.1) is 5.82 Å². The second-order valence-corrected chi connectivity index (χ2v) is 4.80. The van der Waals surface area contributed by atoms with Gasteiger partial charge in [-0.15, -0.1) is 0 Å². The third-order valence-corrected chi connectivity index (χ3v) is 3.28. The van der Waals surface area contributed by atoms with Gasteiger partial charge in [0.05, 0.1) is 23.3 Å². The average molecular weight is 294 g/mol. The van der Waals surface area contributed by atoms with E-state index in [0.29, 0.717) is 17.6 Å². The summed E-state index contributed by atoms with van der Waals surface area (Å²) < 4.78 is 15.4. The van der Waals surface area contributed by atoms with Gasteiger partial charge in [-0.2, -0.15) is 5.10 Å². The first-order valence-electron chi connectivity index (χ1n) is 5.22. The van der Waals surface area contributed by atoms with Gasteiger partial charge < -0.3 is 0 Å². The fourth-order valence-electron chi connectivity index (χ4n) is 1.84. The van der Waals surface area contributed by atoms with E-state index in [-0.39, 0.29) is 5.82 Å². The number of benzene rings is 1. The van der Waals surface area contributed by atoms with Gasteiger partial charge in [0.2, 0.25) is 0 Å². The van der Waals surface area contributed by atoms with E-state index in [9.17, 15) is 4.39 Å². The van der Waals surface area contributed by atoms with Crippen molar-refractivity contribution >= 4 is 22.1 Å². The molecule has 0 saturated carbocycles. The quantitative estimate of drug-likeness (QED) is 0.837. The van der Waals surface area contributed by atoms with Gasteiger partial charge in [0.25, 0.3) is 0 Å². The molecule has 0 saturated heterocycles. The van der Waals surface area contributed by atoms with E-state index in [4.69, 9.17) is 0 Å². The van der Waals surface area contributed by atoms with Crippen LogP contribution in [0.1, 0.15) is 16.8 Å². The van der Waals surface area contributed by atoms with E-state index in [2.05, 4.69) is 26.0 Å². The lowest BCUT2D eigenvalue weighted by atomic mass is 10.2. The fraction of sp³-hybridized carbons (Fsp3) is 0.167. The largest absolute Gasteiger partial charge is 0.286 e. The maximum atomic E-state index is 13.1. The lowest BCUT2D eigenvalue weighted by Crippen LogP contribution is -2.01. The molecule has 3 nitrogen and oxygen atoms in total. The SMILES string of the molecule is Fc1ccc(Cn2cc3c(n2)CN=C3)cc1Br. The number of fused-ring (bicyclic) bond motifs is 1. The summed E-state index contributed by atoms with van der Waals surface area (Å²) in [5, 5.41) is 4.42. The molecule has 0 N–H and O–H groups in total. The van der Waals surface area contributed by atoms with Crippen LogP contribution in [0.4, 0.5) is 4.39 Å². The topological polar surface area (TPSA) is 30.2 Å². The highest BCUT2D eigenvalue weighted by Gasteiger charge is 2.11. The Morgan fingerprint density at radius 2 is 2.29 bits per heavy atom. The Bertz CT molecular complexity index is 604. The molecule has 1 aromatic heterocycles. The zero-order valence-corrected chi connectivity index (χ0v) is 10.5. The second-order valence-electron chi connectivity index (χ2n) is 3.95. The van der Waals surface area contributed by atoms with Crippen molar-refractivity contribution in [3.8, 4) is 0 Å². The lowest BCUT2D eigenvalue weighted by molar-refractivity contribution is 0.617. The van der Waals surface area contributed by atoms with Crippen molar-refractivity contribution in [2.45, 2.75) is 13.1 Å². The summed E-state index contributed by atoms with van der Waals surface area (Å²) in [4.78, 5) is 4.13. The van der Waals surface area contributed by atoms with Crippen LogP contribution in [-0.2, 0) is 13.1 Å². The highest BCUT2D eigenvalue weighted by Crippen LogP contribution is 2.18. The maximum Gasteiger partial charge on any atom is 0.137 e. The summed E-state index contributed by atoms with van der Waals surface area (Å²) in [6, 6.07) is 5.00. The predicted octanol–water partition coefficient (Wildman–Crippen LogP) is 2.77. The summed E-state index contributed by atoms with van der Waals surface area (Å²) in [5.74, 6) is -0.246. The van der Waals surface area contributed by atoms with Crippen molar-refractivity contribution in [1.29, 1.82) is 0 Å². The van der Waals surface area contributed by atoms with Crippen molar-refractivity contribution in [2.24, 2.45) is 4.99 Å². The van der Waals surface area contributed by atoms with Gasteiger partial charge in [-0.25, -0.2) is 4.39 Å². The normalized spacial score (nSPS) is 13.1. The molecule has 0 spiro atoms. The van der Waals surface area contributed by atoms with Crippen LogP contribution < -0.4 is 0 Å². The summed E-state index contributed by atoms with van der Waals surface area (Å²) in [5.41, 5.74) is 3.09. The number of halogens is 2. The van der Waals surface area contributed by atoms with Gasteiger partial charge in [-0.3, -0.25) is 9.67 Å². The minimum atomic E-state index is -0.246. The second kappa shape index (κ2) is 4.07. The smallest absolute Gasteiger partial charge is 0.137 e. The minimum absolute atomic E-state index is 0.246. The molecule has 1 aliphatic rings. The molecule has 0 radical (unpaired) electrons. The molecule has 1 aliphatic heterocycles. The van der Waals surface area contributed by atoms with Gasteiger partial charge in [-0.1, -0.05) is 6.07 Å². The number of hydrogen-bond donors (Lipinski definition) is 0. The molecule has 86 valence electrons. The highest BCUT2D eigenvalue weighted by molar-refractivity contribution is 9.10. The lowest BCUT2D eigenvalue weighted by Gasteiger charge is -2.03. The molecule has 0 bridgehead atoms. The summed E-state index contributed by atoms with van der Waals surface area (Å²) >= 11 is 3.18. The van der Waals surface area contributed by atoms with E-state index in [1.807, 2.05) is 17.1 Å². The molecule has 0 fully saturated rings. The van der Waals surface area contributed by atoms with Gasteiger partial charge in [0, 0.05) is 18.0 Å². The molecule has 2 aromatic rings. The van der Waals surface area contributed by atoms with Gasteiger partial charge in [0.15, 0.2) is 0 Å². The Hall–Kier alpha value is -1.49. The van der Waals surface area contributed by atoms with Crippen molar-refractivity contribution in [3.63, 3.8) is 0 Å². The Labute approximate surface area is 106 Å². The molecule has 5 heteroatoms. The van der Waals surface area contributed by atoms with Crippen LogP contribution in [0.3, 0.4) is 0 Å². The van der Waals surface area contributed by atoms with Gasteiger partial charge in [-0.05, 0) is 33.6 Å². The zero-order valence-electron chi connectivity index (χ0n) is 8.90. The first kappa shape index (κ1) is 10.7. The van der Waals surface area contributed by atoms with Crippen LogP contribution in [0.25, 0.3) is 0 Å². The van der Waals surface area contributed by atoms with Crippen LogP contribution in [0.15, 0.2) is 33.9 Å². The summed E-state index contributed by atoms with van der Waals surface area (Å²) in [6.45, 7) is 1.30. The summed E-state index contributed by atoms with van der Waals surface area (Å²) in [6.07, 6.45) is 3.79. The van der Waals surface area contributed by atoms with Crippen molar-refractivity contribution in [2.75, 3.05) is 0 Å². The number of aromatic nitrogens is 2. The first-order chi connectivity index (χ1) is 8.22. The molecule has 0 aliphatic carbocycles. The third kappa shape index (κ3) is 2.02. The number of hydrogen-bond acceptors (Lipinski definition) is 2. The van der Waals surface area contributed by atoms with E-state index < -0.39 is 0 Å². The fourth-order valence-corrected chi connectivity index (χ4v) is 2.27. The van der Waals surface area contributed by atoms with Crippen molar-refractivity contribution < 1.29 is 4.39 Å². The molecular formula is C12H9BrFN3. The Balaban J connectivity index is 1.86. The Morgan fingerprint density at radius 3 is 3.06 bits per heavy atom. The molecule has 1 aromatic carbocycles. The van der Waals surface area contributed by atoms with Gasteiger partial charge >= 0.3 is 0 Å². The third-order valence-electron chi connectivity index (χ3n) is 2.67. The molecule has 2 heterocycles. The maximum absolute atomic E-state index is 13.1. The molecule has 17 heavy (non-hydrogen) atoms. The first-order valence-corrected chi connectivity index (χ1v) is 6.02. The van der Waals surface area contributed by atoms with E-state index >= 15 is 0 Å². The average Bonchev–Trinajstić information content (AvgIpc) is 2.84. The molecular weight excluding hydrogens is 285 g/mol. The molecule has 0 atom stereocenters. The van der Waals surface area contributed by atoms with E-state index in [1.54, 1.807) is 12.1 Å². The molecule has 3 rings (SSSR count). The van der Waals surface area contributed by atoms with Crippen LogP contribution in [0.5, 0.6) is 0 Å². The predicted molar refractivity (Wildman–Crippen MR) is 66.7 cm³/mol. The van der Waals surface area contributed by atoms with Crippen LogP contribution >= 0.6 is 15.9 Å². The highest BCUT2D eigenvalue weighted by atomic mass is 79.9.